The zero-order valence-corrected chi connectivity index (χ0v) is 22.2. The predicted octanol–water partition coefficient (Wildman–Crippen LogP) is 8.65. The summed E-state index contributed by atoms with van der Waals surface area (Å²) < 4.78 is 0. The van der Waals surface area contributed by atoms with Crippen LogP contribution in [0.4, 0.5) is 11.4 Å². The molecule has 1 atom stereocenters. The number of nitrogens with one attached hydrogen (secondary N) is 2. The Hall–Kier alpha value is -3.73. The van der Waals surface area contributed by atoms with E-state index in [0.717, 1.165) is 52.0 Å². The number of hydrogen-bond donors (Lipinski definition) is 2. The maximum absolute atomic E-state index is 11.4. The van der Waals surface area contributed by atoms with E-state index in [9.17, 15) is 4.91 Å². The smallest absolute Gasteiger partial charge is 0.119 e. The van der Waals surface area contributed by atoms with Crippen LogP contribution in [-0.2, 0) is 6.42 Å². The summed E-state index contributed by atoms with van der Waals surface area (Å²) in [5, 5.41) is 10.6. The first-order valence-corrected chi connectivity index (χ1v) is 12.4. The van der Waals surface area contributed by atoms with Gasteiger partial charge < -0.3 is 10.6 Å². The number of benzene rings is 2. The van der Waals surface area contributed by atoms with Crippen molar-refractivity contribution in [3.8, 4) is 0 Å². The van der Waals surface area contributed by atoms with Crippen LogP contribution < -0.4 is 10.6 Å². The molecule has 0 aliphatic carbocycles. The highest BCUT2D eigenvalue weighted by molar-refractivity contribution is 5.94. The average Bonchev–Trinajstić information content (AvgIpc) is 2.82. The molecule has 1 heterocycles. The first-order chi connectivity index (χ1) is 17.0. The molecule has 0 amide bonds. The van der Waals surface area contributed by atoms with Gasteiger partial charge in [-0.15, -0.1) is 4.91 Å². The summed E-state index contributed by atoms with van der Waals surface area (Å²) in [5.74, 6) is 0.572. The van der Waals surface area contributed by atoms with Crippen molar-refractivity contribution >= 4 is 28.0 Å². The van der Waals surface area contributed by atoms with Gasteiger partial charge in [-0.25, -0.2) is 4.98 Å². The molecule has 0 fully saturated rings. The summed E-state index contributed by atoms with van der Waals surface area (Å²) in [4.78, 5) is 16.1. The van der Waals surface area contributed by atoms with E-state index in [2.05, 4.69) is 75.4 Å². The van der Waals surface area contributed by atoms with E-state index < -0.39 is 0 Å². The molecule has 5 nitrogen and oxygen atoms in total. The van der Waals surface area contributed by atoms with Crippen molar-refractivity contribution in [2.45, 2.75) is 53.9 Å². The van der Waals surface area contributed by atoms with Crippen molar-refractivity contribution in [1.29, 1.82) is 0 Å². The van der Waals surface area contributed by atoms with Crippen LogP contribution in [0, 0.1) is 23.2 Å². The summed E-state index contributed by atoms with van der Waals surface area (Å²) in [6.07, 6.45) is 2.78. The SMILES string of the molecule is C=C(Cc1ccc(NC(=C)c2cc(N=O)c3cccc(C)c3n2)cc1)NC(=C)CC(CC)C(C)(C)C. The van der Waals surface area contributed by atoms with Gasteiger partial charge in [-0.3, -0.25) is 0 Å². The maximum atomic E-state index is 11.4. The Morgan fingerprint density at radius 3 is 2.36 bits per heavy atom. The first-order valence-electron chi connectivity index (χ1n) is 12.4. The molecule has 0 aliphatic rings. The van der Waals surface area contributed by atoms with Crippen molar-refractivity contribution in [2.75, 3.05) is 5.32 Å². The van der Waals surface area contributed by atoms with Gasteiger partial charge in [0.25, 0.3) is 0 Å². The molecule has 0 bridgehead atoms. The third kappa shape index (κ3) is 6.69. The molecule has 1 aromatic heterocycles. The molecule has 3 aromatic rings. The lowest BCUT2D eigenvalue weighted by Crippen LogP contribution is -2.23. The number of pyridine rings is 1. The molecule has 36 heavy (non-hydrogen) atoms. The lowest BCUT2D eigenvalue weighted by molar-refractivity contribution is 0.229. The van der Waals surface area contributed by atoms with Gasteiger partial charge in [0.15, 0.2) is 0 Å². The van der Waals surface area contributed by atoms with Crippen LogP contribution in [0.25, 0.3) is 16.6 Å². The molecule has 5 heteroatoms. The molecule has 0 radical (unpaired) electrons. The zero-order chi connectivity index (χ0) is 26.5. The normalized spacial score (nSPS) is 12.1. The molecule has 2 N–H and O–H groups in total. The second kappa shape index (κ2) is 11.3. The monoisotopic (exact) mass is 482 g/mol. The fourth-order valence-electron chi connectivity index (χ4n) is 4.50. The van der Waals surface area contributed by atoms with Crippen molar-refractivity contribution < 1.29 is 0 Å². The van der Waals surface area contributed by atoms with Gasteiger partial charge in [0.1, 0.15) is 5.69 Å². The number of para-hydroxylation sites is 1. The molecule has 1 unspecified atom stereocenters. The topological polar surface area (TPSA) is 66.4 Å². The summed E-state index contributed by atoms with van der Waals surface area (Å²) in [5.41, 5.74) is 7.51. The van der Waals surface area contributed by atoms with E-state index in [1.807, 2.05) is 37.3 Å². The van der Waals surface area contributed by atoms with Gasteiger partial charge in [0.2, 0.25) is 0 Å². The molecule has 0 spiro atoms. The number of aromatic nitrogens is 1. The van der Waals surface area contributed by atoms with Crippen LogP contribution in [0.5, 0.6) is 0 Å². The molecule has 2 aromatic carbocycles. The minimum Gasteiger partial charge on any atom is -0.363 e. The summed E-state index contributed by atoms with van der Waals surface area (Å²) >= 11 is 0. The fraction of sp³-hybridized carbons (Fsp3) is 0.323. The number of allylic oxidation sites excluding steroid dienone is 2. The number of nitroso groups, excluding NO2 is 1. The number of hydrogen-bond acceptors (Lipinski definition) is 5. The largest absolute Gasteiger partial charge is 0.363 e. The second-order valence-corrected chi connectivity index (χ2v) is 10.6. The van der Waals surface area contributed by atoms with Crippen molar-refractivity contribution in [3.05, 3.63) is 101 Å². The maximum Gasteiger partial charge on any atom is 0.119 e. The van der Waals surface area contributed by atoms with Crippen LogP contribution in [0.3, 0.4) is 0 Å². The van der Waals surface area contributed by atoms with Crippen LogP contribution >= 0.6 is 0 Å². The minimum atomic E-state index is 0.250. The highest BCUT2D eigenvalue weighted by Gasteiger charge is 2.23. The fourth-order valence-corrected chi connectivity index (χ4v) is 4.50. The second-order valence-electron chi connectivity index (χ2n) is 10.6. The van der Waals surface area contributed by atoms with E-state index in [1.165, 1.54) is 0 Å². The number of nitrogens with zero attached hydrogens (tertiary/aromatic N) is 2. The summed E-state index contributed by atoms with van der Waals surface area (Å²) in [6, 6.07) is 15.5. The number of fused-ring (bicyclic) bond motifs is 1. The molecule has 3 rings (SSSR count). The van der Waals surface area contributed by atoms with Crippen LogP contribution in [0.15, 0.2) is 84.8 Å². The van der Waals surface area contributed by atoms with Crippen molar-refractivity contribution in [3.63, 3.8) is 0 Å². The lowest BCUT2D eigenvalue weighted by atomic mass is 9.76. The zero-order valence-electron chi connectivity index (χ0n) is 22.2. The van der Waals surface area contributed by atoms with Crippen LogP contribution in [0.1, 0.15) is 57.4 Å². The quantitative estimate of drug-likeness (QED) is 0.268. The van der Waals surface area contributed by atoms with Crippen molar-refractivity contribution in [1.82, 2.24) is 10.3 Å². The Labute approximate surface area is 215 Å². The van der Waals surface area contributed by atoms with Crippen molar-refractivity contribution in [2.24, 2.45) is 16.5 Å². The van der Waals surface area contributed by atoms with Crippen LogP contribution in [-0.4, -0.2) is 4.98 Å². The molecule has 0 aliphatic heterocycles. The van der Waals surface area contributed by atoms with Gasteiger partial charge in [-0.05, 0) is 59.2 Å². The Kier molecular flexibility index (Phi) is 8.46. The van der Waals surface area contributed by atoms with Gasteiger partial charge in [-0.2, -0.15) is 0 Å². The Morgan fingerprint density at radius 2 is 1.75 bits per heavy atom. The van der Waals surface area contributed by atoms with E-state index in [-0.39, 0.29) is 5.41 Å². The molecule has 188 valence electrons. The Morgan fingerprint density at radius 1 is 1.06 bits per heavy atom. The number of anilines is 1. The van der Waals surface area contributed by atoms with Gasteiger partial charge in [-0.1, -0.05) is 84.2 Å². The summed E-state index contributed by atoms with van der Waals surface area (Å²) in [7, 11) is 0. The summed E-state index contributed by atoms with van der Waals surface area (Å²) in [6.45, 7) is 23.6. The standard InChI is InChI=1S/C31H38N4O/c1-9-25(31(6,7)8)18-22(4)32-21(3)17-24-13-15-26(16-14-24)33-23(5)28-19-29(35-36)27-12-10-11-20(2)30(27)34-28/h10-16,19,25,32-33H,3-5,9,17-18H2,1-2,6-8H3. The van der Waals surface area contributed by atoms with E-state index in [4.69, 9.17) is 4.98 Å². The Balaban J connectivity index is 1.62. The lowest BCUT2D eigenvalue weighted by Gasteiger charge is -2.31. The number of rotatable bonds is 11. The third-order valence-electron chi connectivity index (χ3n) is 6.66. The van der Waals surface area contributed by atoms with Crippen LogP contribution in [0.2, 0.25) is 0 Å². The average molecular weight is 483 g/mol. The van der Waals surface area contributed by atoms with E-state index >= 15 is 0 Å². The highest BCUT2D eigenvalue weighted by Crippen LogP contribution is 2.33. The molecular formula is C31H38N4O. The molecular weight excluding hydrogens is 444 g/mol. The number of aryl methyl sites for hydroxylation is 1. The molecule has 0 saturated carbocycles. The minimum absolute atomic E-state index is 0.250. The first kappa shape index (κ1) is 26.9. The third-order valence-corrected chi connectivity index (χ3v) is 6.66. The van der Waals surface area contributed by atoms with Gasteiger partial charge >= 0.3 is 0 Å². The predicted molar refractivity (Wildman–Crippen MR) is 154 cm³/mol. The van der Waals surface area contributed by atoms with E-state index in [0.29, 0.717) is 29.4 Å². The van der Waals surface area contributed by atoms with E-state index in [1.54, 1.807) is 6.07 Å². The van der Waals surface area contributed by atoms with Gasteiger partial charge in [0.05, 0.1) is 16.9 Å². The Bertz CT molecular complexity index is 1280. The van der Waals surface area contributed by atoms with Gasteiger partial charge in [0, 0.05) is 28.9 Å². The highest BCUT2D eigenvalue weighted by atomic mass is 16.3. The molecule has 0 saturated heterocycles.